The minimum atomic E-state index is -3.76. The first-order valence-electron chi connectivity index (χ1n) is 14.1. The number of aromatic nitrogens is 7. The van der Waals surface area contributed by atoms with Gasteiger partial charge in [-0.2, -0.15) is 14.5 Å². The zero-order valence-electron chi connectivity index (χ0n) is 24.0. The molecule has 1 N–H and O–H groups in total. The van der Waals surface area contributed by atoms with Crippen molar-refractivity contribution in [1.82, 2.24) is 43.7 Å². The number of piperazine rings is 1. The van der Waals surface area contributed by atoms with E-state index in [0.29, 0.717) is 73.1 Å². The van der Waals surface area contributed by atoms with E-state index in [2.05, 4.69) is 26.9 Å². The molecule has 13 nitrogen and oxygen atoms in total. The van der Waals surface area contributed by atoms with E-state index in [1.807, 2.05) is 13.8 Å². The van der Waals surface area contributed by atoms with Crippen LogP contribution in [0.1, 0.15) is 45.1 Å². The predicted molar refractivity (Wildman–Crippen MR) is 154 cm³/mol. The molecule has 0 radical (unpaired) electrons. The summed E-state index contributed by atoms with van der Waals surface area (Å²) in [7, 11) is -1.98. The van der Waals surface area contributed by atoms with Crippen LogP contribution in [0.5, 0.6) is 5.75 Å². The molecule has 4 aromatic rings. The Kier molecular flexibility index (Phi) is 8.52. The summed E-state index contributed by atoms with van der Waals surface area (Å²) in [6.45, 7) is 9.88. The fraction of sp³-hybridized carbons (Fsp3) is 0.519. The molecule has 0 spiro atoms. The number of aryl methyl sites for hydroxylation is 2. The number of fused-ring (bicyclic) bond motifs is 1. The summed E-state index contributed by atoms with van der Waals surface area (Å²) in [6.07, 6.45) is 3.65. The minimum absolute atomic E-state index is 0.135. The Morgan fingerprint density at radius 3 is 2.51 bits per heavy atom. The van der Waals surface area contributed by atoms with Gasteiger partial charge >= 0.3 is 0 Å². The van der Waals surface area contributed by atoms with E-state index < -0.39 is 10.0 Å². The highest BCUT2D eigenvalue weighted by atomic mass is 32.2. The number of aromatic amines is 1. The van der Waals surface area contributed by atoms with Gasteiger partial charge < -0.3 is 14.6 Å². The van der Waals surface area contributed by atoms with Crippen LogP contribution >= 0.6 is 0 Å². The third-order valence-electron chi connectivity index (χ3n) is 7.34. The molecule has 0 aliphatic carbocycles. The molecule has 1 saturated heterocycles. The van der Waals surface area contributed by atoms with Crippen molar-refractivity contribution in [2.45, 2.75) is 51.5 Å². The standard InChI is InChI=1S/C27H37N9O4S/c1-5-8-21-24-25(36(32-21)17-23-28-18-29-33(23)4)27(37)31-26(30-24)20-16-19(9-10-22(20)40-15-6-2)41(38,39)35-13-11-34(7-3)12-14-35/h9-10,16,18H,5-8,11-15,17H2,1-4H3,(H,30,31,37). The molecule has 4 heterocycles. The van der Waals surface area contributed by atoms with Gasteiger partial charge in [-0.3, -0.25) is 9.48 Å². The van der Waals surface area contributed by atoms with Crippen LogP contribution in [0.2, 0.25) is 0 Å². The Bertz CT molecular complexity index is 1680. The number of sulfonamides is 1. The number of ether oxygens (including phenoxy) is 1. The van der Waals surface area contributed by atoms with Crippen LogP contribution in [0.25, 0.3) is 22.4 Å². The molecule has 1 aliphatic rings. The van der Waals surface area contributed by atoms with Crippen molar-refractivity contribution in [1.29, 1.82) is 0 Å². The molecule has 0 saturated carbocycles. The SMILES string of the molecule is CCCOc1ccc(S(=O)(=O)N2CCN(CC)CC2)cc1-c1nc2c(CCC)nn(Cc3ncnn3C)c2c(=O)[nH]1. The number of hydrogen-bond acceptors (Lipinski definition) is 9. The smallest absolute Gasteiger partial charge is 0.277 e. The number of rotatable bonds is 11. The summed E-state index contributed by atoms with van der Waals surface area (Å²) < 4.78 is 38.0. The van der Waals surface area contributed by atoms with Gasteiger partial charge in [0.15, 0.2) is 5.52 Å². The van der Waals surface area contributed by atoms with Gasteiger partial charge in [0, 0.05) is 33.2 Å². The number of hydrogen-bond donors (Lipinski definition) is 1. The highest BCUT2D eigenvalue weighted by Gasteiger charge is 2.29. The predicted octanol–water partition coefficient (Wildman–Crippen LogP) is 2.03. The first-order chi connectivity index (χ1) is 19.8. The van der Waals surface area contributed by atoms with E-state index in [0.717, 1.165) is 19.4 Å². The van der Waals surface area contributed by atoms with Crippen molar-refractivity contribution in [2.75, 3.05) is 39.3 Å². The molecular formula is C27H37N9O4S. The molecule has 1 aromatic carbocycles. The van der Waals surface area contributed by atoms with Gasteiger partial charge in [-0.1, -0.05) is 27.2 Å². The normalized spacial score (nSPS) is 15.1. The van der Waals surface area contributed by atoms with E-state index >= 15 is 0 Å². The highest BCUT2D eigenvalue weighted by Crippen LogP contribution is 2.32. The second-order valence-electron chi connectivity index (χ2n) is 10.1. The largest absolute Gasteiger partial charge is 0.493 e. The number of benzene rings is 1. The van der Waals surface area contributed by atoms with E-state index in [1.54, 1.807) is 34.6 Å². The molecule has 1 aliphatic heterocycles. The van der Waals surface area contributed by atoms with Crippen LogP contribution in [-0.2, 0) is 30.0 Å². The molecule has 0 amide bonds. The zero-order chi connectivity index (χ0) is 29.1. The number of nitrogens with zero attached hydrogens (tertiary/aromatic N) is 8. The second-order valence-corrected chi connectivity index (χ2v) is 12.0. The molecule has 14 heteroatoms. The molecule has 5 rings (SSSR count). The van der Waals surface area contributed by atoms with Gasteiger partial charge in [0.05, 0.1) is 22.8 Å². The fourth-order valence-corrected chi connectivity index (χ4v) is 6.47. The first-order valence-corrected chi connectivity index (χ1v) is 15.5. The monoisotopic (exact) mass is 583 g/mol. The van der Waals surface area contributed by atoms with Crippen molar-refractivity contribution in [3.63, 3.8) is 0 Å². The number of likely N-dealkylation sites (N-methyl/N-ethyl adjacent to an activating group) is 1. The summed E-state index contributed by atoms with van der Waals surface area (Å²) >= 11 is 0. The quantitative estimate of drug-likeness (QED) is 0.280. The summed E-state index contributed by atoms with van der Waals surface area (Å²) in [5.41, 5.74) is 1.51. The van der Waals surface area contributed by atoms with Crippen LogP contribution in [0.3, 0.4) is 0 Å². The maximum atomic E-state index is 13.6. The fourth-order valence-electron chi connectivity index (χ4n) is 5.02. The molecular weight excluding hydrogens is 546 g/mol. The lowest BCUT2D eigenvalue weighted by molar-refractivity contribution is 0.196. The summed E-state index contributed by atoms with van der Waals surface area (Å²) in [5, 5.41) is 8.82. The lowest BCUT2D eigenvalue weighted by atomic mass is 10.1. The summed E-state index contributed by atoms with van der Waals surface area (Å²) in [4.78, 5) is 27.9. The Morgan fingerprint density at radius 1 is 1.07 bits per heavy atom. The summed E-state index contributed by atoms with van der Waals surface area (Å²) in [6, 6.07) is 4.77. The van der Waals surface area contributed by atoms with Crippen LogP contribution in [0, 0.1) is 0 Å². The first kappa shape index (κ1) is 28.9. The highest BCUT2D eigenvalue weighted by molar-refractivity contribution is 7.89. The van der Waals surface area contributed by atoms with Crippen molar-refractivity contribution in [2.24, 2.45) is 7.05 Å². The Balaban J connectivity index is 1.60. The van der Waals surface area contributed by atoms with E-state index in [1.165, 1.54) is 10.6 Å². The molecule has 41 heavy (non-hydrogen) atoms. The van der Waals surface area contributed by atoms with E-state index in [4.69, 9.17) is 14.8 Å². The number of H-pyrrole nitrogens is 1. The Labute approximate surface area is 239 Å². The minimum Gasteiger partial charge on any atom is -0.493 e. The maximum absolute atomic E-state index is 13.6. The lowest BCUT2D eigenvalue weighted by Gasteiger charge is -2.33. The van der Waals surface area contributed by atoms with Crippen molar-refractivity contribution in [3.8, 4) is 17.1 Å². The van der Waals surface area contributed by atoms with Crippen molar-refractivity contribution in [3.05, 3.63) is 46.4 Å². The van der Waals surface area contributed by atoms with Crippen LogP contribution in [0.15, 0.2) is 34.2 Å². The average molecular weight is 584 g/mol. The van der Waals surface area contributed by atoms with Crippen LogP contribution < -0.4 is 10.3 Å². The van der Waals surface area contributed by atoms with Crippen molar-refractivity contribution >= 4 is 21.1 Å². The van der Waals surface area contributed by atoms with Gasteiger partial charge in [-0.05, 0) is 37.6 Å². The second kappa shape index (κ2) is 12.1. The topological polar surface area (TPSA) is 144 Å². The third-order valence-corrected chi connectivity index (χ3v) is 9.23. The number of nitrogens with one attached hydrogen (secondary N) is 1. The molecule has 0 atom stereocenters. The van der Waals surface area contributed by atoms with Gasteiger partial charge in [-0.15, -0.1) is 0 Å². The average Bonchev–Trinajstić information content (AvgIpc) is 3.54. The van der Waals surface area contributed by atoms with Crippen LogP contribution in [-0.4, -0.2) is 91.5 Å². The van der Waals surface area contributed by atoms with Gasteiger partial charge in [0.1, 0.15) is 35.8 Å². The van der Waals surface area contributed by atoms with Gasteiger partial charge in [0.2, 0.25) is 10.0 Å². The molecule has 3 aromatic heterocycles. The Hall–Kier alpha value is -3.62. The Morgan fingerprint density at radius 2 is 1.85 bits per heavy atom. The third kappa shape index (κ3) is 5.76. The van der Waals surface area contributed by atoms with Gasteiger partial charge in [-0.25, -0.2) is 23.1 Å². The molecule has 0 unspecified atom stereocenters. The van der Waals surface area contributed by atoms with Crippen LogP contribution in [0.4, 0.5) is 0 Å². The summed E-state index contributed by atoms with van der Waals surface area (Å²) in [5.74, 6) is 1.33. The molecule has 1 fully saturated rings. The van der Waals surface area contributed by atoms with Crippen molar-refractivity contribution < 1.29 is 13.2 Å². The molecule has 0 bridgehead atoms. The van der Waals surface area contributed by atoms with Gasteiger partial charge in [0.25, 0.3) is 5.56 Å². The lowest BCUT2D eigenvalue weighted by Crippen LogP contribution is -2.48. The molecule has 220 valence electrons. The zero-order valence-corrected chi connectivity index (χ0v) is 24.8. The van der Waals surface area contributed by atoms with E-state index in [9.17, 15) is 13.2 Å². The van der Waals surface area contributed by atoms with E-state index in [-0.39, 0.29) is 22.8 Å². The maximum Gasteiger partial charge on any atom is 0.277 e.